The van der Waals surface area contributed by atoms with Crippen LogP contribution < -0.4 is 4.74 Å². The summed E-state index contributed by atoms with van der Waals surface area (Å²) in [5, 5.41) is 5.61. The molecule has 0 atom stereocenters. The number of benzene rings is 1. The zero-order valence-electron chi connectivity index (χ0n) is 19.5. The van der Waals surface area contributed by atoms with Gasteiger partial charge in [-0.15, -0.1) is 0 Å². The molecule has 0 bridgehead atoms. The second-order valence-electron chi connectivity index (χ2n) is 8.31. The van der Waals surface area contributed by atoms with E-state index in [1.807, 2.05) is 73.1 Å². The van der Waals surface area contributed by atoms with Crippen molar-refractivity contribution in [3.63, 3.8) is 0 Å². The third kappa shape index (κ3) is 3.67. The molecule has 0 radical (unpaired) electrons. The summed E-state index contributed by atoms with van der Waals surface area (Å²) in [6, 6.07) is 15.7. The molecule has 0 aliphatic rings. The average Bonchev–Trinajstić information content (AvgIpc) is 3.49. The maximum atomic E-state index is 5.29. The Morgan fingerprint density at radius 2 is 1.77 bits per heavy atom. The number of fused-ring (bicyclic) bond motifs is 2. The highest BCUT2D eigenvalue weighted by atomic mass is 16.5. The highest BCUT2D eigenvalue weighted by molar-refractivity contribution is 5.87. The van der Waals surface area contributed by atoms with Crippen LogP contribution in [-0.4, -0.2) is 46.4 Å². The third-order valence-electron chi connectivity index (χ3n) is 5.97. The van der Waals surface area contributed by atoms with Gasteiger partial charge in [0.1, 0.15) is 11.4 Å². The number of aryl methyl sites for hydroxylation is 2. The number of ether oxygens (including phenoxy) is 1. The van der Waals surface area contributed by atoms with Gasteiger partial charge in [-0.3, -0.25) is 4.98 Å². The van der Waals surface area contributed by atoms with Crippen LogP contribution in [-0.2, 0) is 6.54 Å². The monoisotopic (exact) mass is 462 g/mol. The summed E-state index contributed by atoms with van der Waals surface area (Å²) in [5.74, 6) is 1.93. The smallest absolute Gasteiger partial charge is 0.186 e. The topological polar surface area (TPSA) is 96.4 Å². The molecule has 35 heavy (non-hydrogen) atoms. The lowest BCUT2D eigenvalue weighted by molar-refractivity contribution is 0.414. The number of aromatic nitrogens is 8. The first-order valence-corrected chi connectivity index (χ1v) is 11.2. The van der Waals surface area contributed by atoms with E-state index in [0.29, 0.717) is 35.0 Å². The van der Waals surface area contributed by atoms with Crippen molar-refractivity contribution in [3.8, 4) is 23.1 Å². The van der Waals surface area contributed by atoms with Gasteiger partial charge >= 0.3 is 0 Å². The van der Waals surface area contributed by atoms with E-state index in [4.69, 9.17) is 19.7 Å². The van der Waals surface area contributed by atoms with E-state index < -0.39 is 0 Å². The van der Waals surface area contributed by atoms with Crippen LogP contribution >= 0.6 is 0 Å². The first-order valence-electron chi connectivity index (χ1n) is 11.2. The first-order chi connectivity index (χ1) is 17.1. The molecule has 1 aromatic carbocycles. The summed E-state index contributed by atoms with van der Waals surface area (Å²) < 4.78 is 9.11. The van der Waals surface area contributed by atoms with Gasteiger partial charge in [0.05, 0.1) is 31.7 Å². The molecule has 6 aromatic rings. The molecular formula is C26H22N8O. The third-order valence-corrected chi connectivity index (χ3v) is 5.97. The molecule has 0 aliphatic carbocycles. The Hall–Kier alpha value is -4.66. The second kappa shape index (κ2) is 8.28. The van der Waals surface area contributed by atoms with Crippen molar-refractivity contribution in [2.75, 3.05) is 7.11 Å². The molecule has 9 heteroatoms. The lowest BCUT2D eigenvalue weighted by Gasteiger charge is -2.09. The second-order valence-corrected chi connectivity index (χ2v) is 8.31. The van der Waals surface area contributed by atoms with E-state index in [1.165, 1.54) is 0 Å². The number of hydrogen-bond acceptors (Lipinski definition) is 7. The molecule has 0 amide bonds. The summed E-state index contributed by atoms with van der Waals surface area (Å²) in [6.07, 6.45) is 5.38. The molecule has 172 valence electrons. The molecule has 0 spiro atoms. The van der Waals surface area contributed by atoms with E-state index in [1.54, 1.807) is 24.3 Å². The van der Waals surface area contributed by atoms with Gasteiger partial charge in [-0.05, 0) is 49.7 Å². The van der Waals surface area contributed by atoms with Gasteiger partial charge in [0.15, 0.2) is 22.8 Å². The molecule has 5 heterocycles. The number of methoxy groups -OCH3 is 1. The van der Waals surface area contributed by atoms with Crippen molar-refractivity contribution in [2.24, 2.45) is 0 Å². The molecule has 0 fully saturated rings. The van der Waals surface area contributed by atoms with Crippen LogP contribution in [0.15, 0.2) is 67.3 Å². The average molecular weight is 463 g/mol. The first kappa shape index (κ1) is 20.9. The molecule has 9 nitrogen and oxygen atoms in total. The summed E-state index contributed by atoms with van der Waals surface area (Å²) in [6.45, 7) is 4.52. The minimum atomic E-state index is 0.516. The number of imidazole rings is 1. The molecular weight excluding hydrogens is 440 g/mol. The molecule has 0 saturated heterocycles. The van der Waals surface area contributed by atoms with Crippen molar-refractivity contribution in [2.45, 2.75) is 20.4 Å². The molecule has 0 N–H and O–H groups in total. The summed E-state index contributed by atoms with van der Waals surface area (Å²) in [4.78, 5) is 23.5. The van der Waals surface area contributed by atoms with Crippen molar-refractivity contribution >= 4 is 22.1 Å². The lowest BCUT2D eigenvalue weighted by Crippen LogP contribution is -2.07. The van der Waals surface area contributed by atoms with E-state index in [2.05, 4.69) is 15.1 Å². The van der Waals surface area contributed by atoms with Gasteiger partial charge < -0.3 is 9.30 Å². The maximum absolute atomic E-state index is 5.29. The van der Waals surface area contributed by atoms with Crippen LogP contribution in [0.4, 0.5) is 0 Å². The van der Waals surface area contributed by atoms with Crippen molar-refractivity contribution < 1.29 is 4.74 Å². The normalized spacial score (nSPS) is 11.4. The Morgan fingerprint density at radius 1 is 0.914 bits per heavy atom. The van der Waals surface area contributed by atoms with E-state index in [0.717, 1.165) is 33.6 Å². The predicted molar refractivity (Wildman–Crippen MR) is 133 cm³/mol. The Balaban J connectivity index is 1.56. The number of nitrogens with zero attached hydrogens (tertiary/aromatic N) is 8. The van der Waals surface area contributed by atoms with E-state index in [9.17, 15) is 0 Å². The Morgan fingerprint density at radius 3 is 2.57 bits per heavy atom. The fourth-order valence-corrected chi connectivity index (χ4v) is 4.16. The van der Waals surface area contributed by atoms with Gasteiger partial charge in [-0.25, -0.2) is 24.6 Å². The number of pyridine rings is 2. The zero-order chi connectivity index (χ0) is 23.9. The molecule has 0 saturated carbocycles. The van der Waals surface area contributed by atoms with Crippen LogP contribution in [0.25, 0.3) is 39.4 Å². The van der Waals surface area contributed by atoms with E-state index >= 15 is 0 Å². The summed E-state index contributed by atoms with van der Waals surface area (Å²) >= 11 is 0. The van der Waals surface area contributed by atoms with Gasteiger partial charge in [-0.2, -0.15) is 5.10 Å². The highest BCUT2D eigenvalue weighted by Crippen LogP contribution is 2.26. The van der Waals surface area contributed by atoms with Crippen molar-refractivity contribution in [1.82, 2.24) is 39.3 Å². The number of hydrogen-bond donors (Lipinski definition) is 0. The van der Waals surface area contributed by atoms with Gasteiger partial charge in [-0.1, -0.05) is 18.2 Å². The van der Waals surface area contributed by atoms with Gasteiger partial charge in [0.2, 0.25) is 0 Å². The fourth-order valence-electron chi connectivity index (χ4n) is 4.16. The fraction of sp³-hybridized carbons (Fsp3) is 0.154. The Bertz CT molecular complexity index is 1680. The minimum Gasteiger partial charge on any atom is -0.497 e. The lowest BCUT2D eigenvalue weighted by atomic mass is 10.2. The predicted octanol–water partition coefficient (Wildman–Crippen LogP) is 4.30. The van der Waals surface area contributed by atoms with Crippen molar-refractivity contribution in [1.29, 1.82) is 0 Å². The Kier molecular flexibility index (Phi) is 4.95. The van der Waals surface area contributed by atoms with Gasteiger partial charge in [0.25, 0.3) is 0 Å². The van der Waals surface area contributed by atoms with Gasteiger partial charge in [0, 0.05) is 23.0 Å². The van der Waals surface area contributed by atoms with Crippen LogP contribution in [0.3, 0.4) is 0 Å². The standard InChI is InChI=1S/C26H22N8O/c1-16-5-4-6-21(30-16)24-31-25-23(28-15-33(25)14-18-7-9-19(35-3)10-8-18)26(32-24)34-22-11-12-27-17(2)20(22)13-29-34/h4-13,15H,14H2,1-3H3. The largest absolute Gasteiger partial charge is 0.497 e. The highest BCUT2D eigenvalue weighted by Gasteiger charge is 2.19. The maximum Gasteiger partial charge on any atom is 0.186 e. The number of rotatable bonds is 5. The molecule has 0 aliphatic heterocycles. The summed E-state index contributed by atoms with van der Waals surface area (Å²) in [5.41, 5.74) is 5.88. The van der Waals surface area contributed by atoms with Crippen LogP contribution in [0, 0.1) is 13.8 Å². The minimum absolute atomic E-state index is 0.516. The van der Waals surface area contributed by atoms with Crippen LogP contribution in [0.2, 0.25) is 0 Å². The SMILES string of the molecule is COc1ccc(Cn2cnc3c(-n4ncc5c(C)nccc54)nc(-c4cccc(C)n4)nc32)cc1. The Labute approximate surface area is 201 Å². The van der Waals surface area contributed by atoms with E-state index in [-0.39, 0.29) is 0 Å². The van der Waals surface area contributed by atoms with Crippen molar-refractivity contribution in [3.05, 3.63) is 84.2 Å². The quantitative estimate of drug-likeness (QED) is 0.377. The molecule has 5 aromatic heterocycles. The van der Waals surface area contributed by atoms with Crippen LogP contribution in [0.1, 0.15) is 17.0 Å². The molecule has 0 unspecified atom stereocenters. The van der Waals surface area contributed by atoms with Crippen LogP contribution in [0.5, 0.6) is 5.75 Å². The summed E-state index contributed by atoms with van der Waals surface area (Å²) in [7, 11) is 1.66. The molecule has 6 rings (SSSR count). The zero-order valence-corrected chi connectivity index (χ0v) is 19.5.